The van der Waals surface area contributed by atoms with Crippen molar-refractivity contribution in [2.24, 2.45) is 17.8 Å². The lowest BCUT2D eigenvalue weighted by molar-refractivity contribution is -0.163. The second kappa shape index (κ2) is 15.5. The first-order valence-corrected chi connectivity index (χ1v) is 12.2. The van der Waals surface area contributed by atoms with E-state index in [2.05, 4.69) is 27.7 Å². The molecule has 0 aromatic heterocycles. The van der Waals surface area contributed by atoms with Crippen molar-refractivity contribution in [2.75, 3.05) is 13.2 Å². The number of rotatable bonds is 16. The number of benzene rings is 1. The molecule has 6 heteroatoms. The van der Waals surface area contributed by atoms with Crippen LogP contribution in [0.1, 0.15) is 84.6 Å². The lowest BCUT2D eigenvalue weighted by Crippen LogP contribution is -2.32. The zero-order chi connectivity index (χ0) is 23.9. The quantitative estimate of drug-likeness (QED) is 0.245. The Labute approximate surface area is 193 Å². The number of phenols is 2. The van der Waals surface area contributed by atoms with Crippen molar-refractivity contribution in [1.29, 1.82) is 0 Å². The van der Waals surface area contributed by atoms with Gasteiger partial charge >= 0.3 is 11.9 Å². The van der Waals surface area contributed by atoms with Crippen LogP contribution in [0.4, 0.5) is 0 Å². The third-order valence-corrected chi connectivity index (χ3v) is 5.98. The van der Waals surface area contributed by atoms with Gasteiger partial charge in [0.1, 0.15) is 11.5 Å². The van der Waals surface area contributed by atoms with E-state index in [0.717, 1.165) is 51.4 Å². The lowest BCUT2D eigenvalue weighted by Gasteiger charge is -2.20. The van der Waals surface area contributed by atoms with E-state index in [-0.39, 0.29) is 43.0 Å². The highest BCUT2D eigenvalue weighted by Crippen LogP contribution is 2.24. The second-order valence-electron chi connectivity index (χ2n) is 8.71. The molecule has 6 nitrogen and oxygen atoms in total. The molecule has 0 fully saturated rings. The minimum absolute atomic E-state index is 0.00285. The molecule has 2 atom stereocenters. The molecular weight excluding hydrogens is 408 g/mol. The van der Waals surface area contributed by atoms with Gasteiger partial charge in [0.25, 0.3) is 0 Å². The minimum Gasteiger partial charge on any atom is -0.508 e. The first-order valence-electron chi connectivity index (χ1n) is 12.2. The van der Waals surface area contributed by atoms with Crippen LogP contribution in [0.5, 0.6) is 11.5 Å². The maximum atomic E-state index is 12.9. The van der Waals surface area contributed by atoms with Gasteiger partial charge in [0.15, 0.2) is 5.92 Å². The summed E-state index contributed by atoms with van der Waals surface area (Å²) in [6.07, 6.45) is 8.05. The molecule has 0 radical (unpaired) electrons. The highest BCUT2D eigenvalue weighted by Gasteiger charge is 2.31. The molecule has 0 aliphatic heterocycles. The third kappa shape index (κ3) is 10.4. The average Bonchev–Trinajstić information content (AvgIpc) is 2.76. The van der Waals surface area contributed by atoms with Crippen molar-refractivity contribution in [2.45, 2.75) is 85.5 Å². The van der Waals surface area contributed by atoms with Gasteiger partial charge in [-0.1, -0.05) is 66.2 Å². The number of carbonyl (C=O) groups excluding carboxylic acids is 2. The fourth-order valence-electron chi connectivity index (χ4n) is 3.67. The zero-order valence-electron chi connectivity index (χ0n) is 20.3. The normalized spacial score (nSPS) is 13.9. The fraction of sp³-hybridized carbons (Fsp3) is 0.692. The van der Waals surface area contributed by atoms with Gasteiger partial charge in [-0.15, -0.1) is 0 Å². The number of ether oxygens (including phenoxy) is 2. The van der Waals surface area contributed by atoms with E-state index in [4.69, 9.17) is 9.47 Å². The highest BCUT2D eigenvalue weighted by molar-refractivity contribution is 5.95. The Hall–Kier alpha value is -2.24. The third-order valence-electron chi connectivity index (χ3n) is 5.98. The van der Waals surface area contributed by atoms with Crippen molar-refractivity contribution >= 4 is 11.9 Å². The summed E-state index contributed by atoms with van der Waals surface area (Å²) in [4.78, 5) is 25.8. The number of hydrogen-bond donors (Lipinski definition) is 2. The topological polar surface area (TPSA) is 93.1 Å². The van der Waals surface area contributed by atoms with Crippen LogP contribution in [0.3, 0.4) is 0 Å². The van der Waals surface area contributed by atoms with Crippen LogP contribution in [0.25, 0.3) is 0 Å². The molecule has 0 spiro atoms. The monoisotopic (exact) mass is 450 g/mol. The summed E-state index contributed by atoms with van der Waals surface area (Å²) >= 11 is 0. The van der Waals surface area contributed by atoms with E-state index >= 15 is 0 Å². The number of aromatic hydroxyl groups is 2. The van der Waals surface area contributed by atoms with Gasteiger partial charge in [0, 0.05) is 6.07 Å². The zero-order valence-corrected chi connectivity index (χ0v) is 20.3. The fourth-order valence-corrected chi connectivity index (χ4v) is 3.67. The van der Waals surface area contributed by atoms with E-state index in [0.29, 0.717) is 5.56 Å². The number of phenolic OH excluding ortho intramolecular Hbond substituents is 2. The summed E-state index contributed by atoms with van der Waals surface area (Å²) < 4.78 is 11.1. The Bertz CT molecular complexity index is 635. The van der Waals surface area contributed by atoms with E-state index in [1.807, 2.05) is 0 Å². The summed E-state index contributed by atoms with van der Waals surface area (Å²) in [7, 11) is 0. The molecule has 0 saturated heterocycles. The highest BCUT2D eigenvalue weighted by atomic mass is 16.6. The van der Waals surface area contributed by atoms with Crippen LogP contribution in [0.2, 0.25) is 0 Å². The van der Waals surface area contributed by atoms with Crippen LogP contribution >= 0.6 is 0 Å². The molecule has 182 valence electrons. The number of unbranched alkanes of at least 4 members (excludes halogenated alkanes) is 2. The molecule has 0 aliphatic rings. The van der Waals surface area contributed by atoms with Gasteiger partial charge in [-0.3, -0.25) is 9.59 Å². The molecule has 2 N–H and O–H groups in total. The van der Waals surface area contributed by atoms with E-state index in [9.17, 15) is 19.8 Å². The van der Waals surface area contributed by atoms with Gasteiger partial charge in [-0.2, -0.15) is 0 Å². The first kappa shape index (κ1) is 27.8. The Morgan fingerprint density at radius 2 is 1.22 bits per heavy atom. The molecular formula is C26H42O6. The van der Waals surface area contributed by atoms with Crippen molar-refractivity contribution in [3.8, 4) is 11.5 Å². The van der Waals surface area contributed by atoms with Gasteiger partial charge < -0.3 is 19.7 Å². The maximum Gasteiger partial charge on any atom is 0.320 e. The Morgan fingerprint density at radius 3 is 1.59 bits per heavy atom. The molecule has 1 aromatic rings. The lowest BCUT2D eigenvalue weighted by atomic mass is 9.97. The predicted octanol–water partition coefficient (Wildman–Crippen LogP) is 5.78. The van der Waals surface area contributed by atoms with E-state index < -0.39 is 17.9 Å². The number of carbonyl (C=O) groups is 2. The molecule has 0 bridgehead atoms. The summed E-state index contributed by atoms with van der Waals surface area (Å²) in [6.45, 7) is 8.93. The molecule has 0 saturated carbocycles. The van der Waals surface area contributed by atoms with Crippen molar-refractivity contribution in [3.63, 3.8) is 0 Å². The largest absolute Gasteiger partial charge is 0.508 e. The summed E-state index contributed by atoms with van der Waals surface area (Å²) in [5, 5.41) is 19.5. The molecule has 1 aromatic carbocycles. The van der Waals surface area contributed by atoms with E-state index in [1.165, 1.54) is 18.2 Å². The summed E-state index contributed by atoms with van der Waals surface area (Å²) in [5.74, 6) is -2.10. The van der Waals surface area contributed by atoms with Gasteiger partial charge in [-0.25, -0.2) is 0 Å². The smallest absolute Gasteiger partial charge is 0.320 e. The Balaban J connectivity index is 2.88. The summed E-state index contributed by atoms with van der Waals surface area (Å²) in [5.41, 5.74) is 0.470. The number of hydrogen-bond acceptors (Lipinski definition) is 6. The predicted molar refractivity (Wildman–Crippen MR) is 125 cm³/mol. The second-order valence-corrected chi connectivity index (χ2v) is 8.71. The molecule has 2 unspecified atom stereocenters. The molecule has 1 rings (SSSR count). The van der Waals surface area contributed by atoms with E-state index in [1.54, 1.807) is 0 Å². The van der Waals surface area contributed by atoms with Gasteiger partial charge in [0.2, 0.25) is 0 Å². The first-order chi connectivity index (χ1) is 15.3. The van der Waals surface area contributed by atoms with Gasteiger partial charge in [-0.05, 0) is 48.8 Å². The maximum absolute atomic E-state index is 12.9. The summed E-state index contributed by atoms with van der Waals surface area (Å²) in [6, 6.07) is 4.06. The standard InChI is InChI=1S/C26H42O6/c1-5-9-11-19(7-3)17-31-25(29)24(15-21-13-22(27)16-23(28)14-21)26(30)32-18-20(8-4)12-10-6-2/h13-14,16,19-20,24,27-28H,5-12,15,17-18H2,1-4H3. The molecule has 32 heavy (non-hydrogen) atoms. The Kier molecular flexibility index (Phi) is 13.5. The minimum atomic E-state index is -1.14. The van der Waals surface area contributed by atoms with Crippen LogP contribution in [-0.4, -0.2) is 35.4 Å². The number of esters is 2. The van der Waals surface area contributed by atoms with Crippen LogP contribution in [0.15, 0.2) is 18.2 Å². The molecule has 0 amide bonds. The average molecular weight is 451 g/mol. The van der Waals surface area contributed by atoms with Crippen LogP contribution in [0, 0.1) is 17.8 Å². The van der Waals surface area contributed by atoms with Crippen molar-refractivity contribution in [1.82, 2.24) is 0 Å². The molecule has 0 aliphatic carbocycles. The van der Waals surface area contributed by atoms with Crippen LogP contribution in [-0.2, 0) is 25.5 Å². The SMILES string of the molecule is CCCCC(CC)COC(=O)C(Cc1cc(O)cc(O)c1)C(=O)OCC(CC)CCCC. The Morgan fingerprint density at radius 1 is 0.781 bits per heavy atom. The van der Waals surface area contributed by atoms with Crippen molar-refractivity contribution < 1.29 is 29.3 Å². The molecule has 0 heterocycles. The van der Waals surface area contributed by atoms with Gasteiger partial charge in [0.05, 0.1) is 13.2 Å². The van der Waals surface area contributed by atoms with Crippen molar-refractivity contribution in [3.05, 3.63) is 23.8 Å². The van der Waals surface area contributed by atoms with Crippen LogP contribution < -0.4 is 0 Å².